The quantitative estimate of drug-likeness (QED) is 0.409. The molecule has 0 bridgehead atoms. The number of allylic oxidation sites excluding steroid dienone is 1. The Morgan fingerprint density at radius 2 is 2.38 bits per heavy atom. The Balaban J connectivity index is 0.000000963. The number of hydrogen-bond acceptors (Lipinski definition) is 3. The summed E-state index contributed by atoms with van der Waals surface area (Å²) >= 11 is 0. The number of nitrogens with one attached hydrogen (secondary N) is 1. The van der Waals surface area contributed by atoms with E-state index >= 15 is 0 Å². The molecule has 1 N–H and O–H groups in total. The van der Waals surface area contributed by atoms with Gasteiger partial charge in [-0.05, 0) is 11.9 Å². The van der Waals surface area contributed by atoms with Crippen LogP contribution in [-0.2, 0) is 27.2 Å². The number of amides is 1. The smallest absolute Gasteiger partial charge is 0.342 e. The molecule has 0 aromatic carbocycles. The molecular weight excluding hydrogens is 387 g/mol. The number of carbonyl (C=O) groups excluding carboxylic acids is 1. The van der Waals surface area contributed by atoms with Crippen molar-refractivity contribution in [1.29, 1.82) is 0 Å². The summed E-state index contributed by atoms with van der Waals surface area (Å²) in [5, 5.41) is 3.50. The molecule has 3 rings (SSSR count). The maximum atomic E-state index is 10.4. The van der Waals surface area contributed by atoms with Gasteiger partial charge in [0.1, 0.15) is 0 Å². The van der Waals surface area contributed by atoms with E-state index in [-0.39, 0.29) is 22.4 Å². The number of likely N-dealkylation sites (tertiary alicyclic amines) is 1. The standard InChI is InChI=1S/C11H12N3O.Au/c15-7-14-5-9(6-14)13-10-3-1-2-8-4-12-11(8)10;/h2,4,7,9-10,13H,3,5-6H2;/q-1;+1. The van der Waals surface area contributed by atoms with Crippen molar-refractivity contribution in [3.8, 4) is 0 Å². The number of hydrogen-bond donors (Lipinski definition) is 1. The average molecular weight is 399 g/mol. The van der Waals surface area contributed by atoms with E-state index in [1.807, 2.05) is 12.3 Å². The maximum Gasteiger partial charge on any atom is 1.00 e. The van der Waals surface area contributed by atoms with Crippen LogP contribution in [0.15, 0.2) is 22.8 Å². The van der Waals surface area contributed by atoms with Crippen molar-refractivity contribution in [2.45, 2.75) is 18.5 Å². The molecule has 88 valence electrons. The largest absolute Gasteiger partial charge is 1.00 e. The van der Waals surface area contributed by atoms with E-state index in [0.29, 0.717) is 12.1 Å². The van der Waals surface area contributed by atoms with E-state index in [0.717, 1.165) is 31.6 Å². The number of fused-ring (bicyclic) bond motifs is 1. The topological polar surface area (TPSA) is 44.7 Å². The van der Waals surface area contributed by atoms with Gasteiger partial charge in [0.25, 0.3) is 0 Å². The first kappa shape index (κ1) is 11.8. The summed E-state index contributed by atoms with van der Waals surface area (Å²) in [7, 11) is 0. The summed E-state index contributed by atoms with van der Waals surface area (Å²) in [5.41, 5.74) is 2.35. The molecule has 0 spiro atoms. The van der Waals surface area contributed by atoms with Crippen LogP contribution in [0.3, 0.4) is 0 Å². The van der Waals surface area contributed by atoms with Crippen LogP contribution in [-0.4, -0.2) is 42.2 Å². The second kappa shape index (κ2) is 4.67. The van der Waals surface area contributed by atoms with E-state index in [1.54, 1.807) is 4.90 Å². The molecule has 1 atom stereocenters. The average Bonchev–Trinajstić information content (AvgIpc) is 2.13. The van der Waals surface area contributed by atoms with E-state index in [1.165, 1.54) is 5.57 Å². The molecule has 0 aromatic heterocycles. The Morgan fingerprint density at radius 3 is 3.00 bits per heavy atom. The molecule has 0 saturated carbocycles. The molecule has 2 aliphatic heterocycles. The fourth-order valence-corrected chi connectivity index (χ4v) is 2.13. The van der Waals surface area contributed by atoms with E-state index in [4.69, 9.17) is 0 Å². The van der Waals surface area contributed by atoms with Gasteiger partial charge in [0, 0.05) is 25.2 Å². The van der Waals surface area contributed by atoms with Crippen molar-refractivity contribution in [2.24, 2.45) is 4.99 Å². The van der Waals surface area contributed by atoms with Gasteiger partial charge in [-0.15, -0.1) is 5.57 Å². The van der Waals surface area contributed by atoms with Crippen LogP contribution >= 0.6 is 0 Å². The van der Waals surface area contributed by atoms with Crippen LogP contribution in [0.25, 0.3) is 0 Å². The minimum atomic E-state index is 0. The number of nitrogens with zero attached hydrogens (tertiary/aromatic N) is 2. The van der Waals surface area contributed by atoms with Crippen molar-refractivity contribution in [3.63, 3.8) is 0 Å². The Bertz CT molecular complexity index is 383. The first-order valence-corrected chi connectivity index (χ1v) is 5.17. The number of rotatable bonds is 3. The molecule has 1 aliphatic carbocycles. The minimum absolute atomic E-state index is 0. The molecule has 5 heteroatoms. The Labute approximate surface area is 110 Å². The summed E-state index contributed by atoms with van der Waals surface area (Å²) in [4.78, 5) is 16.4. The number of aliphatic imine (C=N–C) groups is 1. The molecule has 1 unspecified atom stereocenters. The molecule has 3 aliphatic rings. The SMILES string of the molecule is O=CN1CC(NC2C[C-]=CC3=CN=C32)C1.[Au+]. The van der Waals surface area contributed by atoms with E-state index < -0.39 is 0 Å². The third-order valence-electron chi connectivity index (χ3n) is 3.04. The molecule has 4 nitrogen and oxygen atoms in total. The van der Waals surface area contributed by atoms with Gasteiger partial charge in [0.15, 0.2) is 0 Å². The third kappa shape index (κ3) is 1.94. The van der Waals surface area contributed by atoms with Crippen LogP contribution in [0.2, 0.25) is 0 Å². The van der Waals surface area contributed by atoms with Crippen LogP contribution in [0.5, 0.6) is 0 Å². The number of carbonyl (C=O) groups is 1. The fraction of sp³-hybridized carbons (Fsp3) is 0.455. The van der Waals surface area contributed by atoms with Gasteiger partial charge in [0.2, 0.25) is 6.41 Å². The Hall–Kier alpha value is -0.680. The molecule has 1 fully saturated rings. The van der Waals surface area contributed by atoms with Crippen molar-refractivity contribution in [1.82, 2.24) is 10.2 Å². The normalized spacial score (nSPS) is 26.8. The zero-order valence-corrected chi connectivity index (χ0v) is 10.8. The van der Waals surface area contributed by atoms with Gasteiger partial charge in [0.05, 0.1) is 0 Å². The summed E-state index contributed by atoms with van der Waals surface area (Å²) in [6.07, 6.45) is 8.88. The van der Waals surface area contributed by atoms with Crippen molar-refractivity contribution in [2.75, 3.05) is 13.1 Å². The maximum absolute atomic E-state index is 10.4. The summed E-state index contributed by atoms with van der Waals surface area (Å²) < 4.78 is 0. The second-order valence-corrected chi connectivity index (χ2v) is 4.13. The second-order valence-electron chi connectivity index (χ2n) is 4.13. The molecule has 1 saturated heterocycles. The zero-order chi connectivity index (χ0) is 10.3. The van der Waals surface area contributed by atoms with Crippen molar-refractivity contribution >= 4 is 12.1 Å². The first-order valence-electron chi connectivity index (χ1n) is 5.17. The molecule has 2 heterocycles. The molecule has 0 radical (unpaired) electrons. The molecule has 16 heavy (non-hydrogen) atoms. The molecule has 0 aromatic rings. The third-order valence-corrected chi connectivity index (χ3v) is 3.04. The van der Waals surface area contributed by atoms with Gasteiger partial charge in [-0.2, -0.15) is 0 Å². The Morgan fingerprint density at radius 1 is 1.56 bits per heavy atom. The van der Waals surface area contributed by atoms with Crippen LogP contribution in [0.1, 0.15) is 6.42 Å². The summed E-state index contributed by atoms with van der Waals surface area (Å²) in [6, 6.07) is 0.721. The Kier molecular flexibility index (Phi) is 3.44. The monoisotopic (exact) mass is 399 g/mol. The van der Waals surface area contributed by atoms with Gasteiger partial charge in [-0.1, -0.05) is 6.42 Å². The van der Waals surface area contributed by atoms with Crippen molar-refractivity contribution in [3.05, 3.63) is 23.9 Å². The van der Waals surface area contributed by atoms with Gasteiger partial charge in [-0.25, -0.2) is 6.08 Å². The summed E-state index contributed by atoms with van der Waals surface area (Å²) in [5.74, 6) is 0. The minimum Gasteiger partial charge on any atom is -0.342 e. The van der Waals surface area contributed by atoms with E-state index in [9.17, 15) is 4.79 Å². The predicted octanol–water partition coefficient (Wildman–Crippen LogP) is -0.116. The summed E-state index contributed by atoms with van der Waals surface area (Å²) in [6.45, 7) is 1.63. The van der Waals surface area contributed by atoms with Gasteiger partial charge < -0.3 is 10.2 Å². The molecular formula is C11H12AuN3O. The first-order chi connectivity index (χ1) is 7.36. The van der Waals surface area contributed by atoms with Gasteiger partial charge in [-0.3, -0.25) is 15.9 Å². The predicted molar refractivity (Wildman–Crippen MR) is 56.3 cm³/mol. The van der Waals surface area contributed by atoms with Crippen LogP contribution in [0.4, 0.5) is 0 Å². The van der Waals surface area contributed by atoms with Crippen LogP contribution in [0, 0.1) is 6.08 Å². The fourth-order valence-electron chi connectivity index (χ4n) is 2.13. The van der Waals surface area contributed by atoms with Crippen molar-refractivity contribution < 1.29 is 27.2 Å². The molecule has 1 amide bonds. The van der Waals surface area contributed by atoms with E-state index in [2.05, 4.69) is 16.4 Å². The van der Waals surface area contributed by atoms with Crippen LogP contribution < -0.4 is 5.32 Å². The zero-order valence-electron chi connectivity index (χ0n) is 8.61. The van der Waals surface area contributed by atoms with Gasteiger partial charge >= 0.3 is 22.4 Å².